The molecule has 0 saturated carbocycles. The van der Waals surface area contributed by atoms with Crippen LogP contribution in [0.1, 0.15) is 39.5 Å². The fraction of sp³-hybridized carbons (Fsp3) is 0.846. The van der Waals surface area contributed by atoms with E-state index in [-0.39, 0.29) is 0 Å². The molecule has 2 rings (SSSR count). The molecule has 0 aliphatic carbocycles. The Labute approximate surface area is 99.3 Å². The molecule has 16 heavy (non-hydrogen) atoms. The minimum Gasteiger partial charge on any atom is -0.368 e. The van der Waals surface area contributed by atoms with E-state index in [2.05, 4.69) is 35.6 Å². The van der Waals surface area contributed by atoms with Gasteiger partial charge in [0.25, 0.3) is 0 Å². The lowest BCUT2D eigenvalue weighted by Crippen LogP contribution is -2.34. The van der Waals surface area contributed by atoms with Crippen molar-refractivity contribution in [1.82, 2.24) is 15.5 Å². The normalized spacial score (nSPS) is 26.8. The smallest absolute Gasteiger partial charge is 0.0954 e. The maximum atomic E-state index is 3.43. The summed E-state index contributed by atoms with van der Waals surface area (Å²) in [6.45, 7) is 8.03. The van der Waals surface area contributed by atoms with E-state index in [0.717, 1.165) is 5.92 Å². The molecular formula is C13H25N3. The van der Waals surface area contributed by atoms with Crippen molar-refractivity contribution in [3.8, 4) is 0 Å². The maximum Gasteiger partial charge on any atom is 0.0954 e. The molecule has 0 aromatic heterocycles. The van der Waals surface area contributed by atoms with Crippen LogP contribution in [-0.4, -0.2) is 30.7 Å². The van der Waals surface area contributed by atoms with Crippen LogP contribution in [0.4, 0.5) is 0 Å². The molecule has 1 fully saturated rings. The first-order valence-corrected chi connectivity index (χ1v) is 6.67. The van der Waals surface area contributed by atoms with Gasteiger partial charge in [0, 0.05) is 18.4 Å². The van der Waals surface area contributed by atoms with E-state index in [1.807, 2.05) is 0 Å². The van der Waals surface area contributed by atoms with Gasteiger partial charge in [0.05, 0.1) is 6.17 Å². The van der Waals surface area contributed by atoms with Crippen LogP contribution in [0.3, 0.4) is 0 Å². The number of hydrogen-bond acceptors (Lipinski definition) is 3. The number of allylic oxidation sites excluding steroid dienone is 1. The zero-order chi connectivity index (χ0) is 11.4. The molecule has 2 aliphatic heterocycles. The maximum absolute atomic E-state index is 3.43. The zero-order valence-corrected chi connectivity index (χ0v) is 10.6. The molecule has 0 spiro atoms. The topological polar surface area (TPSA) is 27.3 Å². The second-order valence-electron chi connectivity index (χ2n) is 5.21. The summed E-state index contributed by atoms with van der Waals surface area (Å²) >= 11 is 0. The highest BCUT2D eigenvalue weighted by Gasteiger charge is 2.17. The summed E-state index contributed by atoms with van der Waals surface area (Å²) in [5.41, 5.74) is 1.30. The van der Waals surface area contributed by atoms with E-state index in [0.29, 0.717) is 6.17 Å². The Morgan fingerprint density at radius 1 is 1.38 bits per heavy atom. The van der Waals surface area contributed by atoms with Gasteiger partial charge in [-0.25, -0.2) is 0 Å². The summed E-state index contributed by atoms with van der Waals surface area (Å²) in [4.78, 5) is 2.43. The second kappa shape index (κ2) is 5.58. The highest BCUT2D eigenvalue weighted by atomic mass is 15.3. The van der Waals surface area contributed by atoms with E-state index in [1.54, 1.807) is 0 Å². The summed E-state index contributed by atoms with van der Waals surface area (Å²) in [7, 11) is 0. The third-order valence-electron chi connectivity index (χ3n) is 3.78. The second-order valence-corrected chi connectivity index (χ2v) is 5.21. The van der Waals surface area contributed by atoms with Crippen LogP contribution in [0.5, 0.6) is 0 Å². The Hall–Kier alpha value is -0.700. The van der Waals surface area contributed by atoms with Crippen molar-refractivity contribution in [1.29, 1.82) is 0 Å². The van der Waals surface area contributed by atoms with Crippen molar-refractivity contribution in [2.24, 2.45) is 5.92 Å². The fourth-order valence-electron chi connectivity index (χ4n) is 2.80. The van der Waals surface area contributed by atoms with Gasteiger partial charge in [0.15, 0.2) is 0 Å². The molecule has 2 N–H and O–H groups in total. The van der Waals surface area contributed by atoms with Gasteiger partial charge in [0.2, 0.25) is 0 Å². The van der Waals surface area contributed by atoms with Crippen LogP contribution < -0.4 is 10.6 Å². The first kappa shape index (κ1) is 11.8. The van der Waals surface area contributed by atoms with Crippen LogP contribution in [-0.2, 0) is 0 Å². The van der Waals surface area contributed by atoms with Gasteiger partial charge in [-0.2, -0.15) is 0 Å². The van der Waals surface area contributed by atoms with Crippen molar-refractivity contribution in [3.63, 3.8) is 0 Å². The Morgan fingerprint density at radius 3 is 2.75 bits per heavy atom. The Balaban J connectivity index is 1.64. The zero-order valence-electron chi connectivity index (χ0n) is 10.6. The predicted molar refractivity (Wildman–Crippen MR) is 67.9 cm³/mol. The summed E-state index contributed by atoms with van der Waals surface area (Å²) in [6, 6.07) is 0. The fourth-order valence-corrected chi connectivity index (χ4v) is 2.80. The highest BCUT2D eigenvalue weighted by molar-refractivity contribution is 5.03. The number of hydrogen-bond donors (Lipinski definition) is 2. The molecular weight excluding hydrogens is 198 g/mol. The highest BCUT2D eigenvalue weighted by Crippen LogP contribution is 2.19. The first-order chi connectivity index (χ1) is 7.75. The van der Waals surface area contributed by atoms with Gasteiger partial charge in [-0.15, -0.1) is 0 Å². The summed E-state index contributed by atoms with van der Waals surface area (Å²) in [6.07, 6.45) is 8.24. The molecule has 1 unspecified atom stereocenters. The van der Waals surface area contributed by atoms with Crippen molar-refractivity contribution < 1.29 is 0 Å². The lowest BCUT2D eigenvalue weighted by Gasteiger charge is -2.25. The van der Waals surface area contributed by atoms with E-state index >= 15 is 0 Å². The third-order valence-corrected chi connectivity index (χ3v) is 3.78. The van der Waals surface area contributed by atoms with E-state index in [4.69, 9.17) is 0 Å². The van der Waals surface area contributed by atoms with Crippen molar-refractivity contribution in [3.05, 3.63) is 11.9 Å². The van der Waals surface area contributed by atoms with Gasteiger partial charge in [0.1, 0.15) is 0 Å². The Kier molecular flexibility index (Phi) is 4.10. The molecule has 2 heterocycles. The SMILES string of the molecule is CC1=CN(CCCC2CCNCC2)C(C)N1. The van der Waals surface area contributed by atoms with Crippen LogP contribution >= 0.6 is 0 Å². The molecule has 0 radical (unpaired) electrons. The van der Waals surface area contributed by atoms with Crippen LogP contribution in [0.2, 0.25) is 0 Å². The molecule has 0 amide bonds. The molecule has 0 aromatic carbocycles. The van der Waals surface area contributed by atoms with Gasteiger partial charge in [-0.05, 0) is 58.5 Å². The molecule has 3 heteroatoms. The predicted octanol–water partition coefficient (Wildman–Crippen LogP) is 1.88. The Morgan fingerprint density at radius 2 is 2.12 bits per heavy atom. The largest absolute Gasteiger partial charge is 0.368 e. The summed E-state index contributed by atoms with van der Waals surface area (Å²) < 4.78 is 0. The third kappa shape index (κ3) is 3.14. The molecule has 2 aliphatic rings. The van der Waals surface area contributed by atoms with Crippen LogP contribution in [0.15, 0.2) is 11.9 Å². The number of nitrogens with one attached hydrogen (secondary N) is 2. The van der Waals surface area contributed by atoms with Crippen LogP contribution in [0, 0.1) is 5.92 Å². The number of nitrogens with zero attached hydrogens (tertiary/aromatic N) is 1. The van der Waals surface area contributed by atoms with Crippen molar-refractivity contribution in [2.75, 3.05) is 19.6 Å². The average molecular weight is 223 g/mol. The van der Waals surface area contributed by atoms with Crippen molar-refractivity contribution >= 4 is 0 Å². The Bertz CT molecular complexity index is 244. The van der Waals surface area contributed by atoms with Gasteiger partial charge in [-0.3, -0.25) is 0 Å². The standard InChI is InChI=1S/C13H25N3/c1-11-10-16(12(2)15-11)9-3-4-13-5-7-14-8-6-13/h10,12-15H,3-9H2,1-2H3. The molecule has 1 atom stereocenters. The van der Waals surface area contributed by atoms with Gasteiger partial charge in [-0.1, -0.05) is 0 Å². The first-order valence-electron chi connectivity index (χ1n) is 6.67. The number of rotatable bonds is 4. The molecule has 3 nitrogen and oxygen atoms in total. The monoisotopic (exact) mass is 223 g/mol. The molecule has 0 bridgehead atoms. The lowest BCUT2D eigenvalue weighted by molar-refractivity contribution is 0.270. The quantitative estimate of drug-likeness (QED) is 0.762. The molecule has 1 saturated heterocycles. The van der Waals surface area contributed by atoms with Gasteiger partial charge < -0.3 is 15.5 Å². The molecule has 0 aromatic rings. The minimum absolute atomic E-state index is 0.494. The van der Waals surface area contributed by atoms with E-state index in [1.165, 1.54) is 51.0 Å². The molecule has 92 valence electrons. The minimum atomic E-state index is 0.494. The summed E-state index contributed by atoms with van der Waals surface area (Å²) in [5.74, 6) is 0.970. The van der Waals surface area contributed by atoms with E-state index < -0.39 is 0 Å². The average Bonchev–Trinajstić information content (AvgIpc) is 2.59. The van der Waals surface area contributed by atoms with E-state index in [9.17, 15) is 0 Å². The van der Waals surface area contributed by atoms with Gasteiger partial charge >= 0.3 is 0 Å². The van der Waals surface area contributed by atoms with Crippen molar-refractivity contribution in [2.45, 2.75) is 45.7 Å². The number of piperidine rings is 1. The summed E-state index contributed by atoms with van der Waals surface area (Å²) in [5, 5.41) is 6.86. The lowest BCUT2D eigenvalue weighted by atomic mass is 9.93. The van der Waals surface area contributed by atoms with Crippen LogP contribution in [0.25, 0.3) is 0 Å².